The van der Waals surface area contributed by atoms with E-state index in [1.54, 1.807) is 42.5 Å². The van der Waals surface area contributed by atoms with E-state index in [9.17, 15) is 18.5 Å². The fraction of sp³-hybridized carbons (Fsp3) is 0. The fourth-order valence-electron chi connectivity index (χ4n) is 2.43. The highest BCUT2D eigenvalue weighted by molar-refractivity contribution is 14.1. The Hall–Kier alpha value is -3.16. The van der Waals surface area contributed by atoms with Gasteiger partial charge in [0.25, 0.3) is 5.91 Å². The summed E-state index contributed by atoms with van der Waals surface area (Å²) in [7, 11) is -3.94. The van der Waals surface area contributed by atoms with Gasteiger partial charge in [-0.2, -0.15) is 13.7 Å². The molecule has 0 radical (unpaired) electrons. The Balaban J connectivity index is 1.73. The van der Waals surface area contributed by atoms with Crippen molar-refractivity contribution in [3.8, 4) is 11.8 Å². The van der Waals surface area contributed by atoms with Crippen molar-refractivity contribution in [1.82, 2.24) is 0 Å². The van der Waals surface area contributed by atoms with Gasteiger partial charge in [-0.1, -0.05) is 30.3 Å². The average Bonchev–Trinajstić information content (AvgIpc) is 2.75. The van der Waals surface area contributed by atoms with Crippen LogP contribution in [0.1, 0.15) is 5.56 Å². The van der Waals surface area contributed by atoms with Crippen molar-refractivity contribution in [2.45, 2.75) is 4.90 Å². The average molecular weight is 530 g/mol. The van der Waals surface area contributed by atoms with Crippen LogP contribution in [0.25, 0.3) is 6.08 Å². The number of nitriles is 1. The number of benzene rings is 3. The Morgan fingerprint density at radius 1 is 0.967 bits per heavy atom. The van der Waals surface area contributed by atoms with Crippen molar-refractivity contribution in [3.63, 3.8) is 0 Å². The van der Waals surface area contributed by atoms with E-state index in [-0.39, 0.29) is 16.2 Å². The van der Waals surface area contributed by atoms with Gasteiger partial charge in [0.05, 0.1) is 0 Å². The molecule has 3 aromatic carbocycles. The van der Waals surface area contributed by atoms with Gasteiger partial charge in [0, 0.05) is 9.26 Å². The lowest BCUT2D eigenvalue weighted by Crippen LogP contribution is -2.13. The van der Waals surface area contributed by atoms with Crippen LogP contribution < -0.4 is 9.50 Å². The molecule has 8 heteroatoms. The monoisotopic (exact) mass is 530 g/mol. The first-order chi connectivity index (χ1) is 14.4. The Labute approximate surface area is 188 Å². The Kier molecular flexibility index (Phi) is 6.87. The van der Waals surface area contributed by atoms with Crippen molar-refractivity contribution in [3.05, 3.63) is 93.6 Å². The van der Waals surface area contributed by atoms with E-state index in [1.165, 1.54) is 30.3 Å². The van der Waals surface area contributed by atoms with Crippen molar-refractivity contribution in [2.75, 3.05) is 5.32 Å². The minimum Gasteiger partial charge on any atom is -0.379 e. The summed E-state index contributed by atoms with van der Waals surface area (Å²) in [6.45, 7) is 0. The fourth-order valence-corrected chi connectivity index (χ4v) is 3.74. The minimum atomic E-state index is -3.94. The van der Waals surface area contributed by atoms with E-state index in [1.807, 2.05) is 18.2 Å². The highest BCUT2D eigenvalue weighted by atomic mass is 127. The van der Waals surface area contributed by atoms with Gasteiger partial charge in [-0.3, -0.25) is 4.79 Å². The second-order valence-corrected chi connectivity index (χ2v) is 8.84. The van der Waals surface area contributed by atoms with E-state index >= 15 is 0 Å². The minimum absolute atomic E-state index is 0.0491. The molecule has 0 spiro atoms. The van der Waals surface area contributed by atoms with E-state index < -0.39 is 16.0 Å². The first kappa shape index (κ1) is 21.5. The standard InChI is InChI=1S/C22H15IN2O4S/c23-18-8-10-19(11-9-18)25-22(26)17(15-24)14-16-6-12-20(13-7-16)29-30(27,28)21-4-2-1-3-5-21/h1-14H,(H,25,26)/b17-14+. The van der Waals surface area contributed by atoms with Crippen LogP contribution in [0.5, 0.6) is 5.75 Å². The topological polar surface area (TPSA) is 96.3 Å². The molecule has 3 rings (SSSR count). The van der Waals surface area contributed by atoms with Crippen LogP contribution in [-0.2, 0) is 14.9 Å². The highest BCUT2D eigenvalue weighted by Gasteiger charge is 2.16. The number of rotatable bonds is 6. The second kappa shape index (κ2) is 9.56. The molecular weight excluding hydrogens is 515 g/mol. The lowest BCUT2D eigenvalue weighted by Gasteiger charge is -2.07. The van der Waals surface area contributed by atoms with Crippen molar-refractivity contribution >= 4 is 50.4 Å². The van der Waals surface area contributed by atoms with Crippen LogP contribution >= 0.6 is 22.6 Å². The quantitative estimate of drug-likeness (QED) is 0.218. The largest absolute Gasteiger partial charge is 0.379 e. The zero-order valence-corrected chi connectivity index (χ0v) is 18.4. The maximum atomic E-state index is 12.3. The first-order valence-corrected chi connectivity index (χ1v) is 11.1. The summed E-state index contributed by atoms with van der Waals surface area (Å²) in [4.78, 5) is 12.4. The molecule has 150 valence electrons. The summed E-state index contributed by atoms with van der Waals surface area (Å²) >= 11 is 2.16. The van der Waals surface area contributed by atoms with Gasteiger partial charge in [-0.05, 0) is 82.8 Å². The molecule has 0 aliphatic carbocycles. The number of carbonyl (C=O) groups is 1. The van der Waals surface area contributed by atoms with Crippen molar-refractivity contribution in [1.29, 1.82) is 5.26 Å². The molecule has 0 bridgehead atoms. The number of anilines is 1. The van der Waals surface area contributed by atoms with Gasteiger partial charge in [0.15, 0.2) is 0 Å². The Bertz CT molecular complexity index is 1210. The van der Waals surface area contributed by atoms with Gasteiger partial charge in [0.2, 0.25) is 0 Å². The molecule has 0 aromatic heterocycles. The predicted molar refractivity (Wildman–Crippen MR) is 122 cm³/mol. The molecule has 0 atom stereocenters. The first-order valence-electron chi connectivity index (χ1n) is 8.66. The van der Waals surface area contributed by atoms with Gasteiger partial charge in [-0.15, -0.1) is 0 Å². The molecule has 0 saturated heterocycles. The van der Waals surface area contributed by atoms with Crippen LogP contribution in [0.2, 0.25) is 0 Å². The van der Waals surface area contributed by atoms with E-state index in [2.05, 4.69) is 27.9 Å². The van der Waals surface area contributed by atoms with E-state index in [0.717, 1.165) is 3.57 Å². The maximum absolute atomic E-state index is 12.3. The van der Waals surface area contributed by atoms with Crippen LogP contribution in [-0.4, -0.2) is 14.3 Å². The molecule has 0 unspecified atom stereocenters. The lowest BCUT2D eigenvalue weighted by atomic mass is 10.1. The zero-order valence-electron chi connectivity index (χ0n) is 15.4. The summed E-state index contributed by atoms with van der Waals surface area (Å²) in [5.74, 6) is -0.413. The molecule has 0 fully saturated rings. The third-order valence-electron chi connectivity index (χ3n) is 3.90. The molecule has 0 aliphatic rings. The molecule has 0 saturated carbocycles. The molecule has 3 aromatic rings. The van der Waals surface area contributed by atoms with Gasteiger partial charge in [-0.25, -0.2) is 0 Å². The molecule has 6 nitrogen and oxygen atoms in total. The summed E-state index contributed by atoms with van der Waals surface area (Å²) in [6, 6.07) is 22.9. The number of hydrogen-bond acceptors (Lipinski definition) is 5. The normalized spacial score (nSPS) is 11.4. The van der Waals surface area contributed by atoms with E-state index in [0.29, 0.717) is 11.3 Å². The number of nitrogens with zero attached hydrogens (tertiary/aromatic N) is 1. The third kappa shape index (κ3) is 5.68. The molecule has 0 heterocycles. The summed E-state index contributed by atoms with van der Waals surface area (Å²) in [5.41, 5.74) is 1.05. The predicted octanol–water partition coefficient (Wildman–Crippen LogP) is 4.60. The molecule has 30 heavy (non-hydrogen) atoms. The molecule has 0 aliphatic heterocycles. The molecule has 1 amide bonds. The van der Waals surface area contributed by atoms with Crippen LogP contribution in [0.4, 0.5) is 5.69 Å². The number of halogens is 1. The number of amides is 1. The maximum Gasteiger partial charge on any atom is 0.339 e. The third-order valence-corrected chi connectivity index (χ3v) is 5.88. The van der Waals surface area contributed by atoms with Crippen LogP contribution in [0, 0.1) is 14.9 Å². The van der Waals surface area contributed by atoms with Gasteiger partial charge >= 0.3 is 10.1 Å². The van der Waals surface area contributed by atoms with Gasteiger partial charge < -0.3 is 9.50 Å². The smallest absolute Gasteiger partial charge is 0.339 e. The molecule has 1 N–H and O–H groups in total. The summed E-state index contributed by atoms with van der Waals surface area (Å²) < 4.78 is 30.7. The number of hydrogen-bond donors (Lipinski definition) is 1. The molecular formula is C22H15IN2O4S. The van der Waals surface area contributed by atoms with Crippen LogP contribution in [0.3, 0.4) is 0 Å². The second-order valence-electron chi connectivity index (χ2n) is 6.05. The van der Waals surface area contributed by atoms with Crippen LogP contribution in [0.15, 0.2) is 89.3 Å². The van der Waals surface area contributed by atoms with Gasteiger partial charge in [0.1, 0.15) is 22.3 Å². The lowest BCUT2D eigenvalue weighted by molar-refractivity contribution is -0.112. The Morgan fingerprint density at radius 3 is 2.20 bits per heavy atom. The SMILES string of the molecule is N#C/C(=C\c1ccc(OS(=O)(=O)c2ccccc2)cc1)C(=O)Nc1ccc(I)cc1. The Morgan fingerprint density at radius 2 is 1.60 bits per heavy atom. The summed E-state index contributed by atoms with van der Waals surface area (Å²) in [5, 5.41) is 12.0. The highest BCUT2D eigenvalue weighted by Crippen LogP contribution is 2.20. The summed E-state index contributed by atoms with van der Waals surface area (Å²) in [6.07, 6.45) is 1.41. The van der Waals surface area contributed by atoms with Crippen molar-refractivity contribution in [2.24, 2.45) is 0 Å². The van der Waals surface area contributed by atoms with Crippen molar-refractivity contribution < 1.29 is 17.4 Å². The number of nitrogens with one attached hydrogen (secondary N) is 1. The van der Waals surface area contributed by atoms with E-state index in [4.69, 9.17) is 4.18 Å². The zero-order chi connectivity index (χ0) is 21.6. The number of carbonyl (C=O) groups excluding carboxylic acids is 1.